The summed E-state index contributed by atoms with van der Waals surface area (Å²) in [4.78, 5) is 23.8. The van der Waals surface area contributed by atoms with Crippen molar-refractivity contribution in [2.75, 3.05) is 19.8 Å². The second-order valence-corrected chi connectivity index (χ2v) is 10.6. The van der Waals surface area contributed by atoms with E-state index in [0.717, 1.165) is 6.92 Å². The van der Waals surface area contributed by atoms with E-state index in [9.17, 15) is 58.9 Å². The van der Waals surface area contributed by atoms with E-state index in [1.54, 1.807) is 0 Å². The minimum Gasteiger partial charge on any atom is -0.479 e. The van der Waals surface area contributed by atoms with E-state index in [1.165, 1.54) is 0 Å². The van der Waals surface area contributed by atoms with Crippen molar-refractivity contribution < 1.29 is 91.3 Å². The summed E-state index contributed by atoms with van der Waals surface area (Å²) in [5, 5.41) is 83.5. The molecule has 3 saturated heterocycles. The summed E-state index contributed by atoms with van der Waals surface area (Å²) in [6.07, 6.45) is -23.4. The molecular formula is C20H33NO19S. The first-order valence-electron chi connectivity index (χ1n) is 12.1. The quantitative estimate of drug-likeness (QED) is 0.0956. The summed E-state index contributed by atoms with van der Waals surface area (Å²) in [7, 11) is -5.03. The van der Waals surface area contributed by atoms with E-state index in [2.05, 4.69) is 9.50 Å². The number of rotatable bonds is 11. The number of carboxylic acids is 1. The van der Waals surface area contributed by atoms with E-state index >= 15 is 0 Å². The SMILES string of the molecule is CC(=O)N[C@H]1[C@@H](O[C@H]2[C@H](O)[C@@H](O)[C@H](O[C@H]3[C@H](O)[C@@H](CO)O[C@@H]3CO)O[C@@H]2C(=O)O)O[C@H](COS(=O)(=O)O)[C@@H](O)[C@@H]1O. The molecule has 14 atom stereocenters. The number of aliphatic carboxylic acids is 1. The van der Waals surface area contributed by atoms with Crippen LogP contribution >= 0.6 is 0 Å². The van der Waals surface area contributed by atoms with Crippen molar-refractivity contribution in [3.05, 3.63) is 0 Å². The van der Waals surface area contributed by atoms with Crippen LogP contribution in [-0.4, -0.2) is 171 Å². The molecule has 3 heterocycles. The van der Waals surface area contributed by atoms with Crippen LogP contribution in [0.15, 0.2) is 0 Å². The maximum atomic E-state index is 12.1. The predicted molar refractivity (Wildman–Crippen MR) is 123 cm³/mol. The third-order valence-electron chi connectivity index (χ3n) is 6.62. The molecule has 41 heavy (non-hydrogen) atoms. The molecule has 21 heteroatoms. The lowest BCUT2D eigenvalue weighted by molar-refractivity contribution is -0.348. The number of hydrogen-bond donors (Lipinski definition) is 10. The number of ether oxygens (including phenoxy) is 5. The van der Waals surface area contributed by atoms with Crippen LogP contribution in [-0.2, 0) is 47.9 Å². The number of nitrogens with one attached hydrogen (secondary N) is 1. The third-order valence-corrected chi connectivity index (χ3v) is 7.05. The number of carboxylic acid groups (broad SMARTS) is 1. The predicted octanol–water partition coefficient (Wildman–Crippen LogP) is -6.83. The minimum absolute atomic E-state index is 0.671. The first-order valence-corrected chi connectivity index (χ1v) is 13.5. The second-order valence-electron chi connectivity index (χ2n) is 9.48. The molecule has 0 unspecified atom stereocenters. The van der Waals surface area contributed by atoms with Crippen LogP contribution in [0.5, 0.6) is 0 Å². The Morgan fingerprint density at radius 2 is 1.39 bits per heavy atom. The molecule has 0 aromatic rings. The van der Waals surface area contributed by atoms with Crippen LogP contribution in [0.25, 0.3) is 0 Å². The van der Waals surface area contributed by atoms with Gasteiger partial charge in [-0.3, -0.25) is 9.35 Å². The van der Waals surface area contributed by atoms with Crippen molar-refractivity contribution >= 4 is 22.3 Å². The van der Waals surface area contributed by atoms with E-state index in [4.69, 9.17) is 28.2 Å². The van der Waals surface area contributed by atoms with Gasteiger partial charge in [0.1, 0.15) is 67.1 Å². The number of carbonyl (C=O) groups excluding carboxylic acids is 1. The molecular weight excluding hydrogens is 590 g/mol. The molecule has 0 saturated carbocycles. The number of hydrogen-bond acceptors (Lipinski definition) is 17. The van der Waals surface area contributed by atoms with E-state index in [1.807, 2.05) is 0 Å². The number of amides is 1. The van der Waals surface area contributed by atoms with Crippen LogP contribution < -0.4 is 5.32 Å². The average Bonchev–Trinajstić information content (AvgIpc) is 3.20. The fourth-order valence-electron chi connectivity index (χ4n) is 4.62. The summed E-state index contributed by atoms with van der Waals surface area (Å²) >= 11 is 0. The summed E-state index contributed by atoms with van der Waals surface area (Å²) < 4.78 is 61.7. The van der Waals surface area contributed by atoms with Crippen LogP contribution in [0.3, 0.4) is 0 Å². The molecule has 0 radical (unpaired) electrons. The van der Waals surface area contributed by atoms with Gasteiger partial charge in [0.2, 0.25) is 5.91 Å². The zero-order chi connectivity index (χ0) is 30.8. The molecule has 20 nitrogen and oxygen atoms in total. The second kappa shape index (κ2) is 13.7. The van der Waals surface area contributed by atoms with E-state index < -0.39 is 128 Å². The highest BCUT2D eigenvalue weighted by atomic mass is 32.3. The largest absolute Gasteiger partial charge is 0.479 e. The zero-order valence-electron chi connectivity index (χ0n) is 21.2. The van der Waals surface area contributed by atoms with E-state index in [-0.39, 0.29) is 0 Å². The van der Waals surface area contributed by atoms with Gasteiger partial charge in [0, 0.05) is 6.92 Å². The maximum absolute atomic E-state index is 12.1. The lowest BCUT2D eigenvalue weighted by Gasteiger charge is -2.47. The lowest BCUT2D eigenvalue weighted by atomic mass is 9.95. The zero-order valence-corrected chi connectivity index (χ0v) is 22.0. The fraction of sp³-hybridized carbons (Fsp3) is 0.900. The third kappa shape index (κ3) is 7.84. The summed E-state index contributed by atoms with van der Waals surface area (Å²) in [5.41, 5.74) is 0. The van der Waals surface area contributed by atoms with Crippen molar-refractivity contribution in [2.24, 2.45) is 0 Å². The molecule has 1 amide bonds. The van der Waals surface area contributed by atoms with Gasteiger partial charge >= 0.3 is 16.4 Å². The smallest absolute Gasteiger partial charge is 0.397 e. The van der Waals surface area contributed by atoms with Crippen molar-refractivity contribution in [3.8, 4) is 0 Å². The number of aliphatic hydroxyl groups excluding tert-OH is 7. The maximum Gasteiger partial charge on any atom is 0.397 e. The van der Waals surface area contributed by atoms with Gasteiger partial charge in [0.15, 0.2) is 18.7 Å². The minimum atomic E-state index is -5.03. The van der Waals surface area contributed by atoms with Gasteiger partial charge in [-0.05, 0) is 0 Å². The van der Waals surface area contributed by atoms with Crippen molar-refractivity contribution in [3.63, 3.8) is 0 Å². The molecule has 0 spiro atoms. The average molecular weight is 624 g/mol. The Morgan fingerprint density at radius 3 is 1.93 bits per heavy atom. The van der Waals surface area contributed by atoms with Crippen LogP contribution in [0.1, 0.15) is 6.92 Å². The Hall–Kier alpha value is -1.67. The molecule has 3 aliphatic rings. The molecule has 10 N–H and O–H groups in total. The Kier molecular flexibility index (Phi) is 11.3. The first-order chi connectivity index (χ1) is 19.1. The van der Waals surface area contributed by atoms with Crippen LogP contribution in [0, 0.1) is 0 Å². The highest BCUT2D eigenvalue weighted by molar-refractivity contribution is 7.80. The fourth-order valence-corrected chi connectivity index (χ4v) is 4.92. The molecule has 0 aromatic carbocycles. The molecule has 0 aliphatic carbocycles. The molecule has 3 aliphatic heterocycles. The van der Waals surface area contributed by atoms with Gasteiger partial charge in [-0.1, -0.05) is 0 Å². The van der Waals surface area contributed by atoms with Crippen molar-refractivity contribution in [2.45, 2.75) is 92.7 Å². The van der Waals surface area contributed by atoms with Crippen LogP contribution in [0.4, 0.5) is 0 Å². The van der Waals surface area contributed by atoms with E-state index in [0.29, 0.717) is 0 Å². The highest BCUT2D eigenvalue weighted by Crippen LogP contribution is 2.33. The normalized spacial score (nSPS) is 43.5. The topological polar surface area (TPSA) is 318 Å². The van der Waals surface area contributed by atoms with Gasteiger partial charge in [0.25, 0.3) is 0 Å². The monoisotopic (exact) mass is 623 g/mol. The number of aliphatic hydroxyl groups is 7. The Balaban J connectivity index is 1.83. The van der Waals surface area contributed by atoms with Crippen LogP contribution in [0.2, 0.25) is 0 Å². The Morgan fingerprint density at radius 1 is 0.780 bits per heavy atom. The summed E-state index contributed by atoms with van der Waals surface area (Å²) in [6.45, 7) is -1.44. The Labute approximate surface area is 231 Å². The van der Waals surface area contributed by atoms with Crippen molar-refractivity contribution in [1.82, 2.24) is 5.32 Å². The molecule has 3 fully saturated rings. The standard InChI is InChI=1S/C20H33NO19S/c1-5(24)21-9-12(27)10(25)8(4-35-41(32,33)34)37-19(9)39-16-13(28)14(29)20(40-17(16)18(30)31)38-15-7(3-23)36-6(2-22)11(15)26/h6-17,19-20,22-23,25-29H,2-4H2,1H3,(H,21,24)(H,30,31)(H,32,33,34)/t6-,7-,8-,9-,10-,11-,12-,13-,14-,15-,16+,17+,19-,20-/m1/s1. The van der Waals surface area contributed by atoms with Gasteiger partial charge in [-0.2, -0.15) is 8.42 Å². The molecule has 238 valence electrons. The van der Waals surface area contributed by atoms with Gasteiger partial charge in [0.05, 0.1) is 19.8 Å². The van der Waals surface area contributed by atoms with Crippen molar-refractivity contribution in [1.29, 1.82) is 0 Å². The molecule has 0 bridgehead atoms. The van der Waals surface area contributed by atoms with Gasteiger partial charge in [-0.15, -0.1) is 0 Å². The molecule has 0 aromatic heterocycles. The molecule has 3 rings (SSSR count). The lowest BCUT2D eigenvalue weighted by Crippen LogP contribution is -2.68. The van der Waals surface area contributed by atoms with Gasteiger partial charge in [-0.25, -0.2) is 8.98 Å². The summed E-state index contributed by atoms with van der Waals surface area (Å²) in [6, 6.07) is -1.65. The first kappa shape index (κ1) is 33.8. The van der Waals surface area contributed by atoms with Gasteiger partial charge < -0.3 is 69.9 Å². The number of carbonyl (C=O) groups is 2. The Bertz CT molecular complexity index is 1010. The summed E-state index contributed by atoms with van der Waals surface area (Å²) in [5.74, 6) is -2.56. The highest BCUT2D eigenvalue weighted by Gasteiger charge is 2.55.